The van der Waals surface area contributed by atoms with Crippen molar-refractivity contribution in [3.05, 3.63) is 11.6 Å². The Hall–Kier alpha value is -0.910. The quantitative estimate of drug-likeness (QED) is 0.740. The zero-order valence-electron chi connectivity index (χ0n) is 11.7. The lowest BCUT2D eigenvalue weighted by Gasteiger charge is -2.16. The fraction of sp³-hybridized carbons (Fsp3) is 0.769. The number of carboxylic acid groups (broad SMARTS) is 1. The third-order valence-electron chi connectivity index (χ3n) is 2.74. The van der Waals surface area contributed by atoms with Crippen LogP contribution in [0.5, 0.6) is 0 Å². The van der Waals surface area contributed by atoms with Gasteiger partial charge in [-0.2, -0.15) is 0 Å². The van der Waals surface area contributed by atoms with E-state index in [0.29, 0.717) is 5.57 Å². The summed E-state index contributed by atoms with van der Waals surface area (Å²) in [4.78, 5) is 10.3. The lowest BCUT2D eigenvalue weighted by Crippen LogP contribution is -2.36. The molecule has 0 aliphatic heterocycles. The van der Waals surface area contributed by atoms with E-state index in [2.05, 4.69) is 5.32 Å². The maximum Gasteiger partial charge on any atom is 0.331 e. The van der Waals surface area contributed by atoms with Gasteiger partial charge in [0.1, 0.15) is 12.5 Å². The summed E-state index contributed by atoms with van der Waals surface area (Å²) < 4.78 is 9.86. The highest BCUT2D eigenvalue weighted by atomic mass is 16.5. The van der Waals surface area contributed by atoms with E-state index >= 15 is 0 Å². The third-order valence-corrected chi connectivity index (χ3v) is 2.74. The predicted octanol–water partition coefficient (Wildman–Crippen LogP) is 2.13. The van der Waals surface area contributed by atoms with E-state index in [9.17, 15) is 4.79 Å². The zero-order valence-corrected chi connectivity index (χ0v) is 11.7. The number of hydrogen-bond donors (Lipinski definition) is 2. The van der Waals surface area contributed by atoms with Gasteiger partial charge in [-0.3, -0.25) is 5.32 Å². The molecular weight excluding hydrogens is 234 g/mol. The summed E-state index contributed by atoms with van der Waals surface area (Å²) in [6.45, 7) is 3.85. The smallest absolute Gasteiger partial charge is 0.331 e. The largest absolute Gasteiger partial charge is 0.478 e. The summed E-state index contributed by atoms with van der Waals surface area (Å²) in [5, 5.41) is 11.5. The molecule has 0 saturated heterocycles. The predicted molar refractivity (Wildman–Crippen MR) is 70.3 cm³/mol. The lowest BCUT2D eigenvalue weighted by molar-refractivity contribution is -0.132. The van der Waals surface area contributed by atoms with Crippen LogP contribution in [0.1, 0.15) is 39.5 Å². The Morgan fingerprint density at radius 1 is 1.28 bits per heavy atom. The minimum absolute atomic E-state index is 0.0555. The summed E-state index contributed by atoms with van der Waals surface area (Å²) in [5.74, 6) is -0.741. The van der Waals surface area contributed by atoms with E-state index in [4.69, 9.17) is 14.6 Å². The topological polar surface area (TPSA) is 67.8 Å². The molecule has 0 saturated carbocycles. The van der Waals surface area contributed by atoms with Gasteiger partial charge in [0.2, 0.25) is 0 Å². The van der Waals surface area contributed by atoms with E-state index in [-0.39, 0.29) is 12.5 Å². The van der Waals surface area contributed by atoms with Gasteiger partial charge < -0.3 is 14.6 Å². The maximum atomic E-state index is 10.3. The number of ether oxygens (including phenoxy) is 2. The van der Waals surface area contributed by atoms with Gasteiger partial charge in [-0.15, -0.1) is 0 Å². The van der Waals surface area contributed by atoms with Crippen LogP contribution in [-0.4, -0.2) is 37.8 Å². The second-order valence-electron chi connectivity index (χ2n) is 4.20. The highest BCUT2D eigenvalue weighted by Gasteiger charge is 2.08. The van der Waals surface area contributed by atoms with Crippen LogP contribution in [0.2, 0.25) is 0 Å². The molecule has 0 bridgehead atoms. The van der Waals surface area contributed by atoms with E-state index < -0.39 is 5.97 Å². The van der Waals surface area contributed by atoms with Gasteiger partial charge in [-0.1, -0.05) is 6.08 Å². The first-order chi connectivity index (χ1) is 8.51. The first-order valence-electron chi connectivity index (χ1n) is 6.25. The van der Waals surface area contributed by atoms with Gasteiger partial charge in [0.05, 0.1) is 0 Å². The van der Waals surface area contributed by atoms with E-state index in [1.807, 2.05) is 19.9 Å². The standard InChI is InChI=1S/C7H10O2.C6H15NO2/c8-7(9)6-4-2-1-3-5-6;1-5(8-3)7-6(2)9-4/h4H,1-3,5H2,(H,8,9);5-7H,1-4H3. The van der Waals surface area contributed by atoms with Crippen LogP contribution < -0.4 is 5.32 Å². The van der Waals surface area contributed by atoms with Crippen LogP contribution in [0.3, 0.4) is 0 Å². The van der Waals surface area contributed by atoms with Crippen LogP contribution in [0, 0.1) is 0 Å². The Morgan fingerprint density at radius 2 is 1.83 bits per heavy atom. The Labute approximate surface area is 109 Å². The normalized spacial score (nSPS) is 18.1. The van der Waals surface area contributed by atoms with E-state index in [0.717, 1.165) is 25.7 Å². The summed E-state index contributed by atoms with van der Waals surface area (Å²) >= 11 is 0. The van der Waals surface area contributed by atoms with Gasteiger partial charge in [0.15, 0.2) is 0 Å². The molecule has 1 aliphatic carbocycles. The third kappa shape index (κ3) is 8.22. The van der Waals surface area contributed by atoms with Gasteiger partial charge in [0.25, 0.3) is 0 Å². The molecule has 5 nitrogen and oxygen atoms in total. The van der Waals surface area contributed by atoms with Gasteiger partial charge >= 0.3 is 5.97 Å². The average molecular weight is 259 g/mol. The van der Waals surface area contributed by atoms with Crippen LogP contribution >= 0.6 is 0 Å². The molecule has 1 rings (SSSR count). The van der Waals surface area contributed by atoms with Crippen molar-refractivity contribution in [3.8, 4) is 0 Å². The molecule has 0 amide bonds. The van der Waals surface area contributed by atoms with Gasteiger partial charge in [0, 0.05) is 19.8 Å². The molecule has 2 atom stereocenters. The molecule has 0 spiro atoms. The molecule has 106 valence electrons. The molecule has 2 unspecified atom stereocenters. The van der Waals surface area contributed by atoms with Crippen LogP contribution in [0.25, 0.3) is 0 Å². The summed E-state index contributed by atoms with van der Waals surface area (Å²) in [6, 6.07) is 0. The van der Waals surface area contributed by atoms with Crippen LogP contribution in [0.15, 0.2) is 11.6 Å². The Kier molecular flexibility index (Phi) is 9.55. The number of methoxy groups -OCH3 is 2. The number of hydrogen-bond acceptors (Lipinski definition) is 4. The fourth-order valence-corrected chi connectivity index (χ4v) is 1.50. The molecule has 18 heavy (non-hydrogen) atoms. The maximum absolute atomic E-state index is 10.3. The van der Waals surface area contributed by atoms with E-state index in [1.54, 1.807) is 14.2 Å². The molecule has 0 aromatic rings. The molecule has 1 aliphatic rings. The Bertz CT molecular complexity index is 258. The van der Waals surface area contributed by atoms with Crippen molar-refractivity contribution in [3.63, 3.8) is 0 Å². The summed E-state index contributed by atoms with van der Waals surface area (Å²) in [5.41, 5.74) is 0.598. The van der Waals surface area contributed by atoms with Crippen LogP contribution in [-0.2, 0) is 14.3 Å². The summed E-state index contributed by atoms with van der Waals surface area (Å²) in [6.07, 6.45) is 5.83. The first kappa shape index (κ1) is 17.1. The van der Waals surface area contributed by atoms with Crippen molar-refractivity contribution in [2.75, 3.05) is 14.2 Å². The monoisotopic (exact) mass is 259 g/mol. The lowest BCUT2D eigenvalue weighted by atomic mass is 10.0. The number of rotatable bonds is 5. The Morgan fingerprint density at radius 3 is 2.11 bits per heavy atom. The minimum Gasteiger partial charge on any atom is -0.478 e. The number of nitrogens with one attached hydrogen (secondary N) is 1. The number of allylic oxidation sites excluding steroid dienone is 1. The summed E-state index contributed by atoms with van der Waals surface area (Å²) in [7, 11) is 3.31. The van der Waals surface area contributed by atoms with Crippen molar-refractivity contribution in [1.82, 2.24) is 5.32 Å². The van der Waals surface area contributed by atoms with Crippen molar-refractivity contribution >= 4 is 5.97 Å². The van der Waals surface area contributed by atoms with Gasteiger partial charge in [-0.05, 0) is 39.5 Å². The average Bonchev–Trinajstić information content (AvgIpc) is 2.40. The zero-order chi connectivity index (χ0) is 14.0. The molecule has 0 fully saturated rings. The van der Waals surface area contributed by atoms with E-state index in [1.165, 1.54) is 0 Å². The van der Waals surface area contributed by atoms with Crippen molar-refractivity contribution in [2.24, 2.45) is 0 Å². The molecule has 0 heterocycles. The van der Waals surface area contributed by atoms with Crippen molar-refractivity contribution in [1.29, 1.82) is 0 Å². The fourth-order valence-electron chi connectivity index (χ4n) is 1.50. The van der Waals surface area contributed by atoms with Crippen LogP contribution in [0.4, 0.5) is 0 Å². The molecule has 0 aromatic heterocycles. The molecule has 0 aromatic carbocycles. The number of carbonyl (C=O) groups is 1. The van der Waals surface area contributed by atoms with Crippen molar-refractivity contribution < 1.29 is 19.4 Å². The SMILES string of the molecule is COC(C)NC(C)OC.O=C(O)C1=CCCCC1. The number of aliphatic carboxylic acids is 1. The molecule has 5 heteroatoms. The molecule has 2 N–H and O–H groups in total. The van der Waals surface area contributed by atoms with Crippen molar-refractivity contribution in [2.45, 2.75) is 52.0 Å². The highest BCUT2D eigenvalue weighted by molar-refractivity contribution is 5.86. The molecular formula is C13H25NO4. The Balaban J connectivity index is 0.000000321. The first-order valence-corrected chi connectivity index (χ1v) is 6.25. The number of carboxylic acids is 1. The van der Waals surface area contributed by atoms with Gasteiger partial charge in [-0.25, -0.2) is 4.79 Å². The minimum atomic E-state index is -0.741. The second-order valence-corrected chi connectivity index (χ2v) is 4.20. The second kappa shape index (κ2) is 10.1. The highest BCUT2D eigenvalue weighted by Crippen LogP contribution is 2.16. The molecule has 0 radical (unpaired) electrons.